The van der Waals surface area contributed by atoms with Gasteiger partial charge in [0.25, 0.3) is 0 Å². The van der Waals surface area contributed by atoms with Crippen LogP contribution in [0.15, 0.2) is 47.4 Å². The topological polar surface area (TPSA) is 78.8 Å². The Bertz CT molecular complexity index is 921. The summed E-state index contributed by atoms with van der Waals surface area (Å²) in [6, 6.07) is 12.8. The van der Waals surface area contributed by atoms with Crippen molar-refractivity contribution in [1.82, 2.24) is 5.32 Å². The molecular formula is C23H30ClFNO4PS. The molecule has 176 valence electrons. The van der Waals surface area contributed by atoms with Gasteiger partial charge in [-0.3, -0.25) is 4.57 Å². The molecule has 5 nitrogen and oxygen atoms in total. The van der Waals surface area contributed by atoms with Gasteiger partial charge in [-0.25, -0.2) is 4.39 Å². The van der Waals surface area contributed by atoms with Gasteiger partial charge in [0.15, 0.2) is 0 Å². The molecule has 3 rings (SSSR count). The maximum absolute atomic E-state index is 13.2. The van der Waals surface area contributed by atoms with Crippen molar-refractivity contribution in [3.05, 3.63) is 64.4 Å². The minimum Gasteiger partial charge on any atom is -0.379 e. The van der Waals surface area contributed by atoms with Crippen LogP contribution in [0.1, 0.15) is 36.8 Å². The zero-order valence-corrected chi connectivity index (χ0v) is 20.4. The number of rotatable bonds is 13. The molecule has 0 radical (unpaired) electrons. The third kappa shape index (κ3) is 7.84. The second-order valence-electron chi connectivity index (χ2n) is 8.27. The number of benzene rings is 2. The van der Waals surface area contributed by atoms with Gasteiger partial charge >= 0.3 is 7.60 Å². The predicted octanol–water partition coefficient (Wildman–Crippen LogP) is 5.37. The average Bonchev–Trinajstić information content (AvgIpc) is 2.70. The highest BCUT2D eigenvalue weighted by atomic mass is 35.5. The number of hydrogen-bond acceptors (Lipinski definition) is 4. The van der Waals surface area contributed by atoms with Gasteiger partial charge in [0.1, 0.15) is 5.82 Å². The van der Waals surface area contributed by atoms with E-state index in [4.69, 9.17) is 26.1 Å². The van der Waals surface area contributed by atoms with Crippen LogP contribution < -0.4 is 5.32 Å². The fourth-order valence-corrected chi connectivity index (χ4v) is 5.64. The van der Waals surface area contributed by atoms with Crippen LogP contribution in [-0.4, -0.2) is 41.5 Å². The van der Waals surface area contributed by atoms with Crippen LogP contribution >= 0.6 is 31.0 Å². The van der Waals surface area contributed by atoms with E-state index in [0.717, 1.165) is 46.1 Å². The van der Waals surface area contributed by atoms with Gasteiger partial charge in [0.2, 0.25) is 0 Å². The molecule has 1 heterocycles. The summed E-state index contributed by atoms with van der Waals surface area (Å²) in [6.45, 7) is 2.56. The molecule has 0 amide bonds. The summed E-state index contributed by atoms with van der Waals surface area (Å²) in [6.07, 6.45) is 3.49. The molecule has 1 aliphatic heterocycles. The minimum atomic E-state index is -3.92. The lowest BCUT2D eigenvalue weighted by Crippen LogP contribution is -2.46. The lowest BCUT2D eigenvalue weighted by Gasteiger charge is -2.42. The van der Waals surface area contributed by atoms with Gasteiger partial charge in [-0.05, 0) is 67.0 Å². The maximum Gasteiger partial charge on any atom is 0.325 e. The second-order valence-corrected chi connectivity index (χ2v) is 11.6. The van der Waals surface area contributed by atoms with E-state index in [1.807, 2.05) is 30.3 Å². The zero-order valence-electron chi connectivity index (χ0n) is 17.9. The number of halogens is 2. The first-order chi connectivity index (χ1) is 15.3. The standard InChI is InChI=1S/C23H30ClFNO4PS/c24-21-14-18(15-26-11-3-12-31(27,28)29)4-9-22(21)32-13-2-1-10-23(16-30-17-23)19-5-7-20(25)8-6-19/h4-9,14,26H,1-3,10-13,15-17H2,(H2,27,28,29). The van der Waals surface area contributed by atoms with Gasteiger partial charge in [-0.15, -0.1) is 11.8 Å². The molecule has 0 atom stereocenters. The largest absolute Gasteiger partial charge is 0.379 e. The maximum atomic E-state index is 13.2. The van der Waals surface area contributed by atoms with Crippen LogP contribution in [0.5, 0.6) is 0 Å². The Morgan fingerprint density at radius 1 is 1.12 bits per heavy atom. The van der Waals surface area contributed by atoms with Crippen molar-refractivity contribution in [3.63, 3.8) is 0 Å². The van der Waals surface area contributed by atoms with Crippen molar-refractivity contribution < 1.29 is 23.5 Å². The van der Waals surface area contributed by atoms with Crippen LogP contribution in [0.2, 0.25) is 5.02 Å². The van der Waals surface area contributed by atoms with Crippen molar-refractivity contribution in [1.29, 1.82) is 0 Å². The van der Waals surface area contributed by atoms with Crippen molar-refractivity contribution in [2.75, 3.05) is 31.7 Å². The van der Waals surface area contributed by atoms with E-state index < -0.39 is 7.60 Å². The molecule has 0 spiro atoms. The molecule has 9 heteroatoms. The first kappa shape index (κ1) is 25.7. The molecule has 0 unspecified atom stereocenters. The lowest BCUT2D eigenvalue weighted by molar-refractivity contribution is -0.0652. The smallest absolute Gasteiger partial charge is 0.325 e. The van der Waals surface area contributed by atoms with Crippen molar-refractivity contribution in [3.8, 4) is 0 Å². The van der Waals surface area contributed by atoms with E-state index in [0.29, 0.717) is 32.7 Å². The lowest BCUT2D eigenvalue weighted by atomic mass is 9.75. The van der Waals surface area contributed by atoms with Crippen LogP contribution in [0.4, 0.5) is 4.39 Å². The summed E-state index contributed by atoms with van der Waals surface area (Å²) in [5.41, 5.74) is 2.23. The molecule has 0 saturated carbocycles. The molecular weight excluding hydrogens is 472 g/mol. The third-order valence-electron chi connectivity index (χ3n) is 5.65. The van der Waals surface area contributed by atoms with Gasteiger partial charge in [-0.1, -0.05) is 36.2 Å². The summed E-state index contributed by atoms with van der Waals surface area (Å²) in [5, 5.41) is 3.90. The molecule has 32 heavy (non-hydrogen) atoms. The number of hydrogen-bond donors (Lipinski definition) is 3. The summed E-state index contributed by atoms with van der Waals surface area (Å²) in [4.78, 5) is 18.8. The van der Waals surface area contributed by atoms with Gasteiger partial charge < -0.3 is 19.8 Å². The van der Waals surface area contributed by atoms with Gasteiger partial charge in [0.05, 0.1) is 24.4 Å². The fourth-order valence-electron chi connectivity index (χ4n) is 3.77. The molecule has 0 aliphatic carbocycles. The summed E-state index contributed by atoms with van der Waals surface area (Å²) >= 11 is 8.18. The van der Waals surface area contributed by atoms with E-state index in [1.54, 1.807) is 11.8 Å². The zero-order chi connectivity index (χ0) is 23.0. The van der Waals surface area contributed by atoms with Gasteiger partial charge in [-0.2, -0.15) is 0 Å². The van der Waals surface area contributed by atoms with Crippen molar-refractivity contribution in [2.45, 2.75) is 42.5 Å². The molecule has 2 aromatic carbocycles. The molecule has 0 aromatic heterocycles. The van der Waals surface area contributed by atoms with Crippen molar-refractivity contribution in [2.24, 2.45) is 0 Å². The minimum absolute atomic E-state index is 0.0238. The quantitative estimate of drug-likeness (QED) is 0.195. The number of unbranched alkanes of at least 4 members (excludes halogenated alkanes) is 1. The molecule has 0 bridgehead atoms. The normalized spacial score (nSPS) is 15.5. The van der Waals surface area contributed by atoms with E-state index in [9.17, 15) is 8.96 Å². The van der Waals surface area contributed by atoms with Crippen LogP contribution in [0.25, 0.3) is 0 Å². The number of ether oxygens (including phenoxy) is 1. The van der Waals surface area contributed by atoms with Crippen molar-refractivity contribution >= 4 is 31.0 Å². The Kier molecular flexibility index (Phi) is 9.62. The van der Waals surface area contributed by atoms with E-state index in [1.165, 1.54) is 12.1 Å². The Morgan fingerprint density at radius 2 is 1.88 bits per heavy atom. The van der Waals surface area contributed by atoms with Gasteiger partial charge in [0, 0.05) is 16.9 Å². The summed E-state index contributed by atoms with van der Waals surface area (Å²) in [7, 11) is -3.92. The van der Waals surface area contributed by atoms with E-state index >= 15 is 0 Å². The average molecular weight is 502 g/mol. The molecule has 1 aliphatic rings. The molecule has 2 aromatic rings. The molecule has 3 N–H and O–H groups in total. The van der Waals surface area contributed by atoms with Crippen LogP contribution in [0.3, 0.4) is 0 Å². The Hall–Kier alpha value is -0.920. The van der Waals surface area contributed by atoms with Crippen LogP contribution in [0, 0.1) is 5.82 Å². The SMILES string of the molecule is O=P(O)(O)CCCNCc1ccc(SCCCCC2(c3ccc(F)cc3)COC2)c(Cl)c1. The van der Waals surface area contributed by atoms with E-state index in [2.05, 4.69) is 5.32 Å². The second kappa shape index (κ2) is 12.0. The summed E-state index contributed by atoms with van der Waals surface area (Å²) < 4.78 is 29.5. The number of thioether (sulfide) groups is 1. The first-order valence-electron chi connectivity index (χ1n) is 10.8. The predicted molar refractivity (Wildman–Crippen MR) is 128 cm³/mol. The molecule has 1 saturated heterocycles. The Labute approximate surface area is 198 Å². The first-order valence-corrected chi connectivity index (χ1v) is 13.9. The summed E-state index contributed by atoms with van der Waals surface area (Å²) in [5.74, 6) is 0.763. The highest BCUT2D eigenvalue weighted by molar-refractivity contribution is 7.99. The van der Waals surface area contributed by atoms with E-state index in [-0.39, 0.29) is 17.4 Å². The Morgan fingerprint density at radius 3 is 2.50 bits per heavy atom. The number of nitrogens with one attached hydrogen (secondary N) is 1. The fraction of sp³-hybridized carbons (Fsp3) is 0.478. The monoisotopic (exact) mass is 501 g/mol. The van der Waals surface area contributed by atoms with Crippen LogP contribution in [-0.2, 0) is 21.3 Å². The molecule has 1 fully saturated rings. The third-order valence-corrected chi connectivity index (χ3v) is 8.13. The highest BCUT2D eigenvalue weighted by Crippen LogP contribution is 2.38. The Balaban J connectivity index is 1.37. The highest BCUT2D eigenvalue weighted by Gasteiger charge is 2.39.